The number of rotatable bonds is 6. The molecule has 1 aliphatic heterocycles. The van der Waals surface area contributed by atoms with E-state index in [0.717, 1.165) is 54.8 Å². The van der Waals surface area contributed by atoms with Gasteiger partial charge in [0.1, 0.15) is 11.8 Å². The fraction of sp³-hybridized carbons (Fsp3) is 0.409. The van der Waals surface area contributed by atoms with Crippen LogP contribution in [-0.2, 0) is 6.54 Å². The van der Waals surface area contributed by atoms with Gasteiger partial charge in [0, 0.05) is 29.3 Å². The van der Waals surface area contributed by atoms with E-state index in [1.807, 2.05) is 45.0 Å². The van der Waals surface area contributed by atoms with Gasteiger partial charge in [-0.1, -0.05) is 0 Å². The van der Waals surface area contributed by atoms with Crippen LogP contribution in [0.3, 0.4) is 0 Å². The Hall–Kier alpha value is -2.93. The summed E-state index contributed by atoms with van der Waals surface area (Å²) in [4.78, 5) is 25.5. The fourth-order valence-corrected chi connectivity index (χ4v) is 4.15. The lowest BCUT2D eigenvalue weighted by Gasteiger charge is -2.34. The van der Waals surface area contributed by atoms with Crippen LogP contribution in [0.25, 0.3) is 0 Å². The number of quaternary nitrogens is 1. The molecule has 7 nitrogen and oxygen atoms in total. The van der Waals surface area contributed by atoms with Crippen LogP contribution in [0, 0.1) is 13.8 Å². The van der Waals surface area contributed by atoms with Crippen LogP contribution in [0.1, 0.15) is 34.4 Å². The number of carbonyl (C=O) groups excluding carboxylic acids is 1. The number of ketones is 1. The Morgan fingerprint density at radius 1 is 1.21 bits per heavy atom. The van der Waals surface area contributed by atoms with Crippen molar-refractivity contribution in [3.8, 4) is 0 Å². The molecule has 0 saturated carbocycles. The summed E-state index contributed by atoms with van der Waals surface area (Å²) in [5.41, 5.74) is 2.91. The van der Waals surface area contributed by atoms with E-state index in [-0.39, 0.29) is 11.8 Å². The topological polar surface area (TPSA) is 68.6 Å². The van der Waals surface area contributed by atoms with E-state index < -0.39 is 0 Å². The van der Waals surface area contributed by atoms with Crippen molar-refractivity contribution in [1.29, 1.82) is 0 Å². The molecule has 0 bridgehead atoms. The maximum atomic E-state index is 13.3. The molecule has 4 heterocycles. The van der Waals surface area contributed by atoms with E-state index in [2.05, 4.69) is 19.4 Å². The molecule has 152 valence electrons. The maximum Gasteiger partial charge on any atom is 0.225 e. The van der Waals surface area contributed by atoms with Crippen molar-refractivity contribution < 1.29 is 14.1 Å². The molecule has 7 heteroatoms. The summed E-state index contributed by atoms with van der Waals surface area (Å²) in [6, 6.07) is 7.62. The van der Waals surface area contributed by atoms with Gasteiger partial charge in [0.05, 0.1) is 39.0 Å². The van der Waals surface area contributed by atoms with Crippen molar-refractivity contribution in [3.63, 3.8) is 0 Å². The highest BCUT2D eigenvalue weighted by Gasteiger charge is 2.32. The lowest BCUT2D eigenvalue weighted by molar-refractivity contribution is -0.914. The van der Waals surface area contributed by atoms with Crippen LogP contribution >= 0.6 is 0 Å². The molecule has 29 heavy (non-hydrogen) atoms. The van der Waals surface area contributed by atoms with Crippen molar-refractivity contribution in [1.82, 2.24) is 14.5 Å². The van der Waals surface area contributed by atoms with Crippen LogP contribution in [0.5, 0.6) is 0 Å². The second-order valence-electron chi connectivity index (χ2n) is 7.73. The molecule has 0 unspecified atom stereocenters. The minimum Gasteiger partial charge on any atom is -0.467 e. The molecule has 0 aromatic carbocycles. The lowest BCUT2D eigenvalue weighted by Crippen LogP contribution is -3.18. The number of nitrogens with zero attached hydrogens (tertiary/aromatic N) is 4. The van der Waals surface area contributed by atoms with Crippen LogP contribution in [0.2, 0.25) is 0 Å². The summed E-state index contributed by atoms with van der Waals surface area (Å²) < 4.78 is 7.63. The predicted molar refractivity (Wildman–Crippen MR) is 110 cm³/mol. The molecule has 1 aliphatic rings. The molecular formula is C22H28N5O2+. The summed E-state index contributed by atoms with van der Waals surface area (Å²) in [6.07, 6.45) is 5.22. The maximum absolute atomic E-state index is 13.3. The summed E-state index contributed by atoms with van der Waals surface area (Å²) in [6.45, 7) is 10.3. The molecule has 3 aromatic heterocycles. The number of Topliss-reactive ketones (excluding diaryl/α,β-unsaturated/α-hetero) is 1. The largest absolute Gasteiger partial charge is 0.467 e. The van der Waals surface area contributed by atoms with E-state index >= 15 is 0 Å². The van der Waals surface area contributed by atoms with E-state index in [4.69, 9.17) is 4.42 Å². The number of aryl methyl sites for hydroxylation is 1. The van der Waals surface area contributed by atoms with Gasteiger partial charge >= 0.3 is 0 Å². The van der Waals surface area contributed by atoms with E-state index in [1.54, 1.807) is 18.7 Å². The normalized spacial score (nSPS) is 16.2. The number of furan rings is 1. The highest BCUT2D eigenvalue weighted by atomic mass is 16.3. The number of nitrogens with one attached hydrogen (secondary N) is 1. The Labute approximate surface area is 171 Å². The summed E-state index contributed by atoms with van der Waals surface area (Å²) in [5.74, 6) is 1.87. The molecule has 1 N–H and O–H groups in total. The highest BCUT2D eigenvalue weighted by Crippen LogP contribution is 2.19. The number of hydrogen-bond acceptors (Lipinski definition) is 5. The van der Waals surface area contributed by atoms with E-state index in [0.29, 0.717) is 6.54 Å². The number of carbonyl (C=O) groups is 1. The van der Waals surface area contributed by atoms with Crippen molar-refractivity contribution >= 4 is 11.7 Å². The van der Waals surface area contributed by atoms with Crippen molar-refractivity contribution in [3.05, 3.63) is 65.6 Å². The smallest absolute Gasteiger partial charge is 0.225 e. The molecule has 0 spiro atoms. The first-order valence-corrected chi connectivity index (χ1v) is 10.1. The van der Waals surface area contributed by atoms with Gasteiger partial charge in [-0.25, -0.2) is 9.97 Å². The second-order valence-corrected chi connectivity index (χ2v) is 7.73. The molecule has 0 radical (unpaired) electrons. The van der Waals surface area contributed by atoms with Crippen molar-refractivity contribution in [2.24, 2.45) is 0 Å². The third-order valence-electron chi connectivity index (χ3n) is 5.98. The van der Waals surface area contributed by atoms with Crippen LogP contribution < -0.4 is 9.80 Å². The second kappa shape index (κ2) is 8.21. The lowest BCUT2D eigenvalue weighted by atomic mass is 10.0. The number of anilines is 1. The molecular weight excluding hydrogens is 366 g/mol. The van der Waals surface area contributed by atoms with E-state index in [1.165, 1.54) is 4.90 Å². The SMILES string of the molecule is Cc1cc(C(=O)[C@H](C)[NH+]2CCN(c3ncccn3)CC2)c(C)n1Cc1ccco1. The summed E-state index contributed by atoms with van der Waals surface area (Å²) >= 11 is 0. The van der Waals surface area contributed by atoms with Gasteiger partial charge in [-0.05, 0) is 45.0 Å². The molecule has 4 rings (SSSR count). The van der Waals surface area contributed by atoms with Crippen LogP contribution in [0.15, 0.2) is 47.3 Å². The molecule has 0 aliphatic carbocycles. The van der Waals surface area contributed by atoms with Gasteiger partial charge in [-0.2, -0.15) is 0 Å². The highest BCUT2D eigenvalue weighted by molar-refractivity contribution is 6.00. The molecule has 0 amide bonds. The molecule has 1 atom stereocenters. The fourth-order valence-electron chi connectivity index (χ4n) is 4.15. The van der Waals surface area contributed by atoms with Gasteiger partial charge in [0.15, 0.2) is 0 Å². The van der Waals surface area contributed by atoms with Gasteiger partial charge in [0.2, 0.25) is 11.7 Å². The summed E-state index contributed by atoms with van der Waals surface area (Å²) in [5, 5.41) is 0. The Morgan fingerprint density at radius 2 is 1.93 bits per heavy atom. The zero-order chi connectivity index (χ0) is 20.4. The van der Waals surface area contributed by atoms with Crippen LogP contribution in [-0.4, -0.2) is 52.5 Å². The summed E-state index contributed by atoms with van der Waals surface area (Å²) in [7, 11) is 0. The van der Waals surface area contributed by atoms with E-state index in [9.17, 15) is 4.79 Å². The number of hydrogen-bond donors (Lipinski definition) is 1. The molecule has 1 saturated heterocycles. The van der Waals surface area contributed by atoms with Crippen molar-refractivity contribution in [2.45, 2.75) is 33.4 Å². The Morgan fingerprint density at radius 3 is 2.59 bits per heavy atom. The Balaban J connectivity index is 1.43. The van der Waals surface area contributed by atoms with Crippen LogP contribution in [0.4, 0.5) is 5.95 Å². The minimum atomic E-state index is -0.0774. The molecule has 3 aromatic rings. The predicted octanol–water partition coefficient (Wildman–Crippen LogP) is 1.51. The quantitative estimate of drug-likeness (QED) is 0.642. The average molecular weight is 394 g/mol. The minimum absolute atomic E-state index is 0.0774. The Kier molecular flexibility index (Phi) is 5.49. The molecule has 1 fully saturated rings. The zero-order valence-electron chi connectivity index (χ0n) is 17.3. The first kappa shape index (κ1) is 19.4. The number of aromatic nitrogens is 3. The van der Waals surface area contributed by atoms with Gasteiger partial charge in [-0.15, -0.1) is 0 Å². The average Bonchev–Trinajstić information content (AvgIpc) is 3.37. The Bertz CT molecular complexity index is 957. The first-order valence-electron chi connectivity index (χ1n) is 10.1. The first-order chi connectivity index (χ1) is 14.0. The zero-order valence-corrected chi connectivity index (χ0v) is 17.3. The number of piperazine rings is 1. The third kappa shape index (κ3) is 3.96. The standard InChI is InChI=1S/C22H27N5O2/c1-16-14-20(17(2)27(16)15-19-6-4-13-29-19)21(28)18(3)25-9-11-26(12-10-25)22-23-7-5-8-24-22/h4-8,13-14,18H,9-12,15H2,1-3H3/p+1/t18-/m0/s1. The monoisotopic (exact) mass is 394 g/mol. The van der Waals surface area contributed by atoms with Crippen molar-refractivity contribution in [2.75, 3.05) is 31.1 Å². The van der Waals surface area contributed by atoms with Gasteiger partial charge in [-0.3, -0.25) is 4.79 Å². The van der Waals surface area contributed by atoms with Gasteiger partial charge < -0.3 is 18.8 Å². The third-order valence-corrected chi connectivity index (χ3v) is 5.98. The van der Waals surface area contributed by atoms with Gasteiger partial charge in [0.25, 0.3) is 0 Å².